The zero-order valence-electron chi connectivity index (χ0n) is 11.6. The predicted molar refractivity (Wildman–Crippen MR) is 74.8 cm³/mol. The molecule has 0 spiro atoms. The van der Waals surface area contributed by atoms with E-state index >= 15 is 0 Å². The first kappa shape index (κ1) is 15.0. The van der Waals surface area contributed by atoms with Crippen LogP contribution in [0.25, 0.3) is 0 Å². The topological polar surface area (TPSA) is 63.4 Å². The normalized spacial score (nSPS) is 14.2. The van der Waals surface area contributed by atoms with E-state index in [1.807, 2.05) is 20.8 Å². The molecule has 1 rings (SSSR count). The standard InChI is InChI=1S/C13H22N2O2S/c1-9(2)11(4)15(5)18(16,17)13-8-12(14)7-6-10(13)3/h6-9,11H,14H2,1-5H3. The number of aryl methyl sites for hydroxylation is 1. The van der Waals surface area contributed by atoms with Crippen molar-refractivity contribution in [2.24, 2.45) is 5.92 Å². The van der Waals surface area contributed by atoms with Crippen molar-refractivity contribution in [1.29, 1.82) is 0 Å². The zero-order valence-corrected chi connectivity index (χ0v) is 12.5. The Morgan fingerprint density at radius 2 is 1.78 bits per heavy atom. The lowest BCUT2D eigenvalue weighted by atomic mass is 10.1. The van der Waals surface area contributed by atoms with Gasteiger partial charge in [0.1, 0.15) is 0 Å². The molecule has 0 saturated heterocycles. The fourth-order valence-electron chi connectivity index (χ4n) is 1.69. The summed E-state index contributed by atoms with van der Waals surface area (Å²) in [6.07, 6.45) is 0. The number of rotatable bonds is 4. The lowest BCUT2D eigenvalue weighted by Gasteiger charge is -2.27. The number of hydrogen-bond donors (Lipinski definition) is 1. The summed E-state index contributed by atoms with van der Waals surface area (Å²) in [5, 5.41) is 0. The molecule has 1 atom stereocenters. The number of nitrogens with zero attached hydrogens (tertiary/aromatic N) is 1. The van der Waals surface area contributed by atoms with Gasteiger partial charge in [0.2, 0.25) is 10.0 Å². The summed E-state index contributed by atoms with van der Waals surface area (Å²) in [5.41, 5.74) is 6.85. The Bertz CT molecular complexity index is 524. The van der Waals surface area contributed by atoms with Gasteiger partial charge in [-0.3, -0.25) is 0 Å². The molecule has 0 aliphatic rings. The Morgan fingerprint density at radius 3 is 2.28 bits per heavy atom. The van der Waals surface area contributed by atoms with Gasteiger partial charge in [0.15, 0.2) is 0 Å². The number of hydrogen-bond acceptors (Lipinski definition) is 3. The molecule has 102 valence electrons. The number of anilines is 1. The molecule has 0 saturated carbocycles. The van der Waals surface area contributed by atoms with Gasteiger partial charge >= 0.3 is 0 Å². The van der Waals surface area contributed by atoms with Crippen molar-refractivity contribution in [1.82, 2.24) is 4.31 Å². The van der Waals surface area contributed by atoms with Crippen LogP contribution in [0.15, 0.2) is 23.1 Å². The van der Waals surface area contributed by atoms with Crippen LogP contribution in [0.5, 0.6) is 0 Å². The average molecular weight is 270 g/mol. The highest BCUT2D eigenvalue weighted by atomic mass is 32.2. The molecule has 0 amide bonds. The van der Waals surface area contributed by atoms with Crippen LogP contribution in [0.2, 0.25) is 0 Å². The van der Waals surface area contributed by atoms with Gasteiger partial charge < -0.3 is 5.73 Å². The second-order valence-electron chi connectivity index (χ2n) is 5.03. The second-order valence-corrected chi connectivity index (χ2v) is 7.00. The van der Waals surface area contributed by atoms with E-state index in [1.54, 1.807) is 26.1 Å². The Morgan fingerprint density at radius 1 is 1.22 bits per heavy atom. The minimum Gasteiger partial charge on any atom is -0.399 e. The van der Waals surface area contributed by atoms with Gasteiger partial charge in [-0.1, -0.05) is 19.9 Å². The maximum atomic E-state index is 12.5. The number of benzene rings is 1. The van der Waals surface area contributed by atoms with E-state index < -0.39 is 10.0 Å². The SMILES string of the molecule is Cc1ccc(N)cc1S(=O)(=O)N(C)C(C)C(C)C. The minimum absolute atomic E-state index is 0.0594. The molecular formula is C13H22N2O2S. The molecule has 0 aromatic heterocycles. The maximum Gasteiger partial charge on any atom is 0.243 e. The predicted octanol–water partition coefficient (Wildman–Crippen LogP) is 2.24. The monoisotopic (exact) mass is 270 g/mol. The lowest BCUT2D eigenvalue weighted by molar-refractivity contribution is 0.315. The molecule has 18 heavy (non-hydrogen) atoms. The van der Waals surface area contributed by atoms with E-state index in [0.29, 0.717) is 11.3 Å². The molecular weight excluding hydrogens is 248 g/mol. The van der Waals surface area contributed by atoms with Crippen molar-refractivity contribution in [2.45, 2.75) is 38.6 Å². The van der Waals surface area contributed by atoms with Crippen LogP contribution in [0.1, 0.15) is 26.3 Å². The largest absolute Gasteiger partial charge is 0.399 e. The van der Waals surface area contributed by atoms with Gasteiger partial charge in [-0.15, -0.1) is 0 Å². The van der Waals surface area contributed by atoms with Crippen LogP contribution in [0.3, 0.4) is 0 Å². The van der Waals surface area contributed by atoms with E-state index in [9.17, 15) is 8.42 Å². The quantitative estimate of drug-likeness (QED) is 0.853. The third kappa shape index (κ3) is 2.84. The van der Waals surface area contributed by atoms with E-state index in [2.05, 4.69) is 0 Å². The van der Waals surface area contributed by atoms with Gasteiger partial charge in [-0.2, -0.15) is 4.31 Å². The Kier molecular flexibility index (Phi) is 4.40. The third-order valence-corrected chi connectivity index (χ3v) is 5.49. The van der Waals surface area contributed by atoms with Crippen molar-refractivity contribution >= 4 is 15.7 Å². The lowest BCUT2D eigenvalue weighted by Crippen LogP contribution is -2.38. The first-order valence-corrected chi connectivity index (χ1v) is 7.46. The summed E-state index contributed by atoms with van der Waals surface area (Å²) in [7, 11) is -1.87. The van der Waals surface area contributed by atoms with Crippen molar-refractivity contribution in [3.05, 3.63) is 23.8 Å². The highest BCUT2D eigenvalue weighted by Crippen LogP contribution is 2.24. The van der Waals surface area contributed by atoms with Gasteiger partial charge in [-0.25, -0.2) is 8.42 Å². The van der Waals surface area contributed by atoms with Crippen LogP contribution >= 0.6 is 0 Å². The molecule has 0 bridgehead atoms. The highest BCUT2D eigenvalue weighted by Gasteiger charge is 2.28. The molecule has 0 fully saturated rings. The molecule has 0 aliphatic heterocycles. The van der Waals surface area contributed by atoms with Gasteiger partial charge in [0, 0.05) is 18.8 Å². The molecule has 0 heterocycles. The molecule has 2 N–H and O–H groups in total. The second kappa shape index (κ2) is 5.28. The van der Waals surface area contributed by atoms with Crippen LogP contribution < -0.4 is 5.73 Å². The van der Waals surface area contributed by atoms with Crippen LogP contribution in [0, 0.1) is 12.8 Å². The number of nitrogens with two attached hydrogens (primary N) is 1. The summed E-state index contributed by atoms with van der Waals surface area (Å²) in [6.45, 7) is 7.69. The third-order valence-electron chi connectivity index (χ3n) is 3.41. The first-order chi connectivity index (χ1) is 8.17. The fourth-order valence-corrected chi connectivity index (χ4v) is 3.44. The van der Waals surface area contributed by atoms with Crippen LogP contribution in [0.4, 0.5) is 5.69 Å². The van der Waals surface area contributed by atoms with Gasteiger partial charge in [-0.05, 0) is 37.5 Å². The summed E-state index contributed by atoms with van der Waals surface area (Å²) >= 11 is 0. The van der Waals surface area contributed by atoms with Crippen molar-refractivity contribution in [2.75, 3.05) is 12.8 Å². The van der Waals surface area contributed by atoms with E-state index in [-0.39, 0.29) is 16.9 Å². The van der Waals surface area contributed by atoms with Crippen molar-refractivity contribution < 1.29 is 8.42 Å². The maximum absolute atomic E-state index is 12.5. The Balaban J connectivity index is 3.25. The summed E-state index contributed by atoms with van der Waals surface area (Å²) in [6, 6.07) is 4.90. The molecule has 1 unspecified atom stereocenters. The minimum atomic E-state index is -3.48. The average Bonchev–Trinajstić information content (AvgIpc) is 2.29. The molecule has 4 nitrogen and oxygen atoms in total. The Hall–Kier alpha value is -1.07. The molecule has 5 heteroatoms. The fraction of sp³-hybridized carbons (Fsp3) is 0.538. The summed E-state index contributed by atoms with van der Waals surface area (Å²) < 4.78 is 26.5. The van der Waals surface area contributed by atoms with Crippen molar-refractivity contribution in [3.63, 3.8) is 0 Å². The molecule has 1 aromatic rings. The summed E-state index contributed by atoms with van der Waals surface area (Å²) in [4.78, 5) is 0.289. The van der Waals surface area contributed by atoms with E-state index in [1.165, 1.54) is 10.4 Å². The highest BCUT2D eigenvalue weighted by molar-refractivity contribution is 7.89. The molecule has 0 radical (unpaired) electrons. The molecule has 0 aliphatic carbocycles. The zero-order chi connectivity index (χ0) is 14.1. The summed E-state index contributed by atoms with van der Waals surface area (Å²) in [5.74, 6) is 0.256. The Labute approximate surface area is 110 Å². The first-order valence-electron chi connectivity index (χ1n) is 6.02. The van der Waals surface area contributed by atoms with Crippen LogP contribution in [-0.2, 0) is 10.0 Å². The van der Waals surface area contributed by atoms with E-state index in [0.717, 1.165) is 0 Å². The van der Waals surface area contributed by atoms with Gasteiger partial charge in [0.25, 0.3) is 0 Å². The number of nitrogen functional groups attached to an aromatic ring is 1. The molecule has 1 aromatic carbocycles. The van der Waals surface area contributed by atoms with Crippen LogP contribution in [-0.4, -0.2) is 25.8 Å². The smallest absolute Gasteiger partial charge is 0.243 e. The van der Waals surface area contributed by atoms with Gasteiger partial charge in [0.05, 0.1) is 4.90 Å². The van der Waals surface area contributed by atoms with E-state index in [4.69, 9.17) is 5.73 Å². The number of sulfonamides is 1. The van der Waals surface area contributed by atoms with Crippen molar-refractivity contribution in [3.8, 4) is 0 Å².